The van der Waals surface area contributed by atoms with Gasteiger partial charge in [-0.3, -0.25) is 4.79 Å². The van der Waals surface area contributed by atoms with Crippen molar-refractivity contribution in [3.05, 3.63) is 0 Å². The van der Waals surface area contributed by atoms with Crippen LogP contribution >= 0.6 is 0 Å². The first kappa shape index (κ1) is 12.6. The molecule has 0 aliphatic carbocycles. The van der Waals surface area contributed by atoms with Crippen molar-refractivity contribution in [1.82, 2.24) is 21.3 Å². The van der Waals surface area contributed by atoms with Crippen molar-refractivity contribution >= 4 is 5.91 Å². The van der Waals surface area contributed by atoms with Gasteiger partial charge in [0.05, 0.1) is 6.54 Å². The van der Waals surface area contributed by atoms with Gasteiger partial charge in [0.25, 0.3) is 5.92 Å². The van der Waals surface area contributed by atoms with Crippen molar-refractivity contribution in [3.8, 4) is 0 Å². The highest BCUT2D eigenvalue weighted by Gasteiger charge is 2.47. The van der Waals surface area contributed by atoms with E-state index in [1.165, 1.54) is 12.0 Å². The number of carbonyl (C=O) groups excluding carboxylic acids is 1. The molecule has 2 rings (SSSR count). The molecule has 3 N–H and O–H groups in total. The fraction of sp³-hybridized carbons (Fsp3) is 0.889. The Hall–Kier alpha value is -0.830. The monoisotopic (exact) mass is 250 g/mol. The molecule has 0 bridgehead atoms. The topological polar surface area (TPSA) is 65.6 Å². The Bertz CT molecular complexity index is 297. The molecule has 0 aromatic rings. The average molecular weight is 250 g/mol. The molecule has 1 unspecified atom stereocenters. The van der Waals surface area contributed by atoms with Crippen LogP contribution < -0.4 is 16.4 Å². The Balaban J connectivity index is 1.97. The Morgan fingerprint density at radius 1 is 1.53 bits per heavy atom. The average Bonchev–Trinajstić information content (AvgIpc) is 2.80. The molecule has 0 radical (unpaired) electrons. The molecule has 98 valence electrons. The molecule has 2 atom stereocenters. The number of alkyl halides is 2. The molecular weight excluding hydrogens is 234 g/mol. The van der Waals surface area contributed by atoms with Gasteiger partial charge in [0, 0.05) is 20.2 Å². The van der Waals surface area contributed by atoms with Gasteiger partial charge in [0.2, 0.25) is 5.91 Å². The first-order chi connectivity index (χ1) is 8.04. The maximum absolute atomic E-state index is 13.6. The predicted octanol–water partition coefficient (Wildman–Crippen LogP) is -1.15. The first-order valence-corrected chi connectivity index (χ1v) is 5.47. The highest BCUT2D eigenvalue weighted by Crippen LogP contribution is 2.29. The summed E-state index contributed by atoms with van der Waals surface area (Å²) in [6.07, 6.45) is -0.942. The van der Waals surface area contributed by atoms with Crippen LogP contribution in [0.5, 0.6) is 0 Å². The smallest absolute Gasteiger partial charge is 0.290 e. The Morgan fingerprint density at radius 3 is 2.82 bits per heavy atom. The molecule has 0 aromatic carbocycles. The molecule has 0 aromatic heterocycles. The zero-order valence-electron chi connectivity index (χ0n) is 9.50. The molecule has 2 aliphatic rings. The van der Waals surface area contributed by atoms with E-state index in [0.29, 0.717) is 13.1 Å². The van der Waals surface area contributed by atoms with Crippen LogP contribution in [-0.4, -0.2) is 55.6 Å². The van der Waals surface area contributed by atoms with Gasteiger partial charge in [0.15, 0.2) is 0 Å². The van der Waals surface area contributed by atoms with Crippen LogP contribution in [-0.2, 0) is 9.53 Å². The minimum atomic E-state index is -2.98. The van der Waals surface area contributed by atoms with Gasteiger partial charge in [-0.15, -0.1) is 0 Å². The van der Waals surface area contributed by atoms with E-state index < -0.39 is 24.6 Å². The fourth-order valence-corrected chi connectivity index (χ4v) is 2.11. The zero-order chi connectivity index (χ0) is 12.5. The third-order valence-electron chi connectivity index (χ3n) is 3.07. The lowest BCUT2D eigenvalue weighted by Gasteiger charge is -2.38. The van der Waals surface area contributed by atoms with Crippen molar-refractivity contribution < 1.29 is 18.3 Å². The Labute approximate surface area is 97.6 Å². The van der Waals surface area contributed by atoms with Gasteiger partial charge >= 0.3 is 0 Å². The fourth-order valence-electron chi connectivity index (χ4n) is 2.11. The van der Waals surface area contributed by atoms with Crippen LogP contribution in [0.3, 0.4) is 0 Å². The SMILES string of the molecule is CO[C@H]1CCN(C(=O)C2CNNN2)CC1(F)F. The van der Waals surface area contributed by atoms with Crippen LogP contribution in [0.1, 0.15) is 6.42 Å². The van der Waals surface area contributed by atoms with Gasteiger partial charge in [-0.2, -0.15) is 5.53 Å². The van der Waals surface area contributed by atoms with Gasteiger partial charge < -0.3 is 9.64 Å². The number of hydrogen-bond donors (Lipinski definition) is 3. The van der Waals surface area contributed by atoms with Gasteiger partial charge in [-0.05, 0) is 6.42 Å². The van der Waals surface area contributed by atoms with E-state index in [1.807, 2.05) is 0 Å². The van der Waals surface area contributed by atoms with E-state index in [4.69, 9.17) is 4.74 Å². The van der Waals surface area contributed by atoms with E-state index in [2.05, 4.69) is 16.4 Å². The quantitative estimate of drug-likeness (QED) is 0.577. The number of nitrogens with zero attached hydrogens (tertiary/aromatic N) is 1. The van der Waals surface area contributed by atoms with E-state index >= 15 is 0 Å². The number of amides is 1. The minimum Gasteiger partial charge on any atom is -0.375 e. The van der Waals surface area contributed by atoms with Gasteiger partial charge in [-0.1, -0.05) is 0 Å². The molecule has 8 heteroatoms. The number of halogens is 2. The summed E-state index contributed by atoms with van der Waals surface area (Å²) in [5, 5.41) is 0. The summed E-state index contributed by atoms with van der Waals surface area (Å²) in [6.45, 7) is 0.0994. The van der Waals surface area contributed by atoms with Gasteiger partial charge in [-0.25, -0.2) is 19.6 Å². The highest BCUT2D eigenvalue weighted by molar-refractivity contribution is 5.82. The number of nitrogens with one attached hydrogen (secondary N) is 3. The van der Waals surface area contributed by atoms with E-state index in [-0.39, 0.29) is 12.3 Å². The van der Waals surface area contributed by atoms with Gasteiger partial charge in [0.1, 0.15) is 12.1 Å². The second-order valence-electron chi connectivity index (χ2n) is 4.24. The predicted molar refractivity (Wildman–Crippen MR) is 55.0 cm³/mol. The third-order valence-corrected chi connectivity index (χ3v) is 3.07. The number of likely N-dealkylation sites (tertiary alicyclic amines) is 1. The number of hydrazine groups is 2. The maximum atomic E-state index is 13.6. The summed E-state index contributed by atoms with van der Waals surface area (Å²) >= 11 is 0. The molecule has 6 nitrogen and oxygen atoms in total. The van der Waals surface area contributed by atoms with Crippen molar-refractivity contribution in [2.24, 2.45) is 0 Å². The standard InChI is InChI=1S/C9H16F2N4O2/c1-17-7-2-3-15(5-9(7,10)11)8(16)6-4-12-14-13-6/h6-7,12-14H,2-5H2,1H3/t6?,7-/m0/s1. The summed E-state index contributed by atoms with van der Waals surface area (Å²) in [5.41, 5.74) is 7.96. The van der Waals surface area contributed by atoms with E-state index in [9.17, 15) is 13.6 Å². The molecular formula is C9H16F2N4O2. The number of piperidine rings is 1. The molecule has 0 spiro atoms. The lowest BCUT2D eigenvalue weighted by atomic mass is 10.0. The molecule has 2 fully saturated rings. The van der Waals surface area contributed by atoms with Crippen molar-refractivity contribution in [1.29, 1.82) is 0 Å². The normalized spacial score (nSPS) is 32.8. The van der Waals surface area contributed by atoms with Crippen molar-refractivity contribution in [3.63, 3.8) is 0 Å². The van der Waals surface area contributed by atoms with Crippen LogP contribution in [0.2, 0.25) is 0 Å². The Morgan fingerprint density at radius 2 is 2.29 bits per heavy atom. The molecule has 0 saturated carbocycles. The van der Waals surface area contributed by atoms with Crippen LogP contribution in [0.25, 0.3) is 0 Å². The lowest BCUT2D eigenvalue weighted by molar-refractivity contribution is -0.173. The Kier molecular flexibility index (Phi) is 3.57. The minimum absolute atomic E-state index is 0.156. The summed E-state index contributed by atoms with van der Waals surface area (Å²) in [4.78, 5) is 13.1. The molecule has 2 aliphatic heterocycles. The number of hydrogen-bond acceptors (Lipinski definition) is 5. The molecule has 17 heavy (non-hydrogen) atoms. The van der Waals surface area contributed by atoms with E-state index in [1.54, 1.807) is 0 Å². The number of methoxy groups -OCH3 is 1. The summed E-state index contributed by atoms with van der Waals surface area (Å²) in [6, 6.07) is -0.495. The largest absolute Gasteiger partial charge is 0.375 e. The number of ether oxygens (including phenoxy) is 1. The van der Waals surface area contributed by atoms with Crippen molar-refractivity contribution in [2.75, 3.05) is 26.7 Å². The van der Waals surface area contributed by atoms with Crippen LogP contribution in [0.15, 0.2) is 0 Å². The summed E-state index contributed by atoms with van der Waals surface area (Å²) < 4.78 is 31.9. The third kappa shape index (κ3) is 2.54. The summed E-state index contributed by atoms with van der Waals surface area (Å²) in [7, 11) is 1.27. The van der Waals surface area contributed by atoms with E-state index in [0.717, 1.165) is 0 Å². The zero-order valence-corrected chi connectivity index (χ0v) is 9.50. The molecule has 2 heterocycles. The van der Waals surface area contributed by atoms with Crippen molar-refractivity contribution in [2.45, 2.75) is 24.5 Å². The lowest BCUT2D eigenvalue weighted by Crippen LogP contribution is -2.57. The summed E-state index contributed by atoms with van der Waals surface area (Å²) in [5.74, 6) is -3.31. The first-order valence-electron chi connectivity index (χ1n) is 5.47. The van der Waals surface area contributed by atoms with Crippen LogP contribution in [0.4, 0.5) is 8.78 Å². The second-order valence-corrected chi connectivity index (χ2v) is 4.24. The maximum Gasteiger partial charge on any atom is 0.290 e. The number of carbonyl (C=O) groups is 1. The molecule has 1 amide bonds. The molecule has 2 saturated heterocycles. The van der Waals surface area contributed by atoms with Crippen LogP contribution in [0, 0.1) is 0 Å². The highest BCUT2D eigenvalue weighted by atomic mass is 19.3. The number of rotatable bonds is 2. The second kappa shape index (κ2) is 4.81.